The molecular formula is C25H17BrCl2N2O5. The number of nitrogens with zero attached hydrogens (tertiary/aromatic N) is 1. The number of imide groups is 2. The molecule has 0 bridgehead atoms. The second kappa shape index (κ2) is 10.5. The molecule has 3 aromatic rings. The highest BCUT2D eigenvalue weighted by molar-refractivity contribution is 9.10. The van der Waals surface area contributed by atoms with Crippen LogP contribution in [0.4, 0.5) is 10.5 Å². The summed E-state index contributed by atoms with van der Waals surface area (Å²) in [5.74, 6) is -0.762. The Labute approximate surface area is 219 Å². The molecule has 7 nitrogen and oxygen atoms in total. The maximum atomic E-state index is 13.1. The van der Waals surface area contributed by atoms with E-state index < -0.39 is 17.8 Å². The fraction of sp³-hybridized carbons (Fsp3) is 0.0800. The largest absolute Gasteiger partial charge is 0.493 e. The molecule has 4 rings (SSSR count). The molecule has 0 radical (unpaired) electrons. The molecule has 10 heteroatoms. The number of hydrogen-bond acceptors (Lipinski definition) is 5. The first-order valence-electron chi connectivity index (χ1n) is 10.2. The molecule has 1 heterocycles. The van der Waals surface area contributed by atoms with Crippen LogP contribution in [0.15, 0.2) is 70.7 Å². The van der Waals surface area contributed by atoms with Crippen LogP contribution in [0.3, 0.4) is 0 Å². The summed E-state index contributed by atoms with van der Waals surface area (Å²) in [5.41, 5.74) is 1.40. The molecule has 178 valence electrons. The number of ether oxygens (including phenoxy) is 2. The maximum Gasteiger partial charge on any atom is 0.335 e. The van der Waals surface area contributed by atoms with Gasteiger partial charge in [0.2, 0.25) is 0 Å². The predicted molar refractivity (Wildman–Crippen MR) is 137 cm³/mol. The lowest BCUT2D eigenvalue weighted by Gasteiger charge is -2.26. The summed E-state index contributed by atoms with van der Waals surface area (Å²) in [7, 11) is 1.48. The second-order valence-corrected chi connectivity index (χ2v) is 9.11. The van der Waals surface area contributed by atoms with Crippen LogP contribution in [0, 0.1) is 0 Å². The van der Waals surface area contributed by atoms with Gasteiger partial charge in [-0.05, 0) is 75.6 Å². The molecule has 0 spiro atoms. The van der Waals surface area contributed by atoms with Crippen molar-refractivity contribution in [2.24, 2.45) is 0 Å². The van der Waals surface area contributed by atoms with Gasteiger partial charge in [0.1, 0.15) is 12.2 Å². The number of hydrogen-bond donors (Lipinski definition) is 1. The summed E-state index contributed by atoms with van der Waals surface area (Å²) < 4.78 is 11.9. The van der Waals surface area contributed by atoms with Crippen molar-refractivity contribution in [1.29, 1.82) is 0 Å². The number of carbonyl (C=O) groups is 3. The van der Waals surface area contributed by atoms with E-state index in [0.717, 1.165) is 10.5 Å². The Bertz CT molecular complexity index is 1360. The van der Waals surface area contributed by atoms with Gasteiger partial charge in [0.25, 0.3) is 11.8 Å². The van der Waals surface area contributed by atoms with Gasteiger partial charge >= 0.3 is 6.03 Å². The van der Waals surface area contributed by atoms with Gasteiger partial charge in [-0.3, -0.25) is 14.9 Å². The maximum absolute atomic E-state index is 13.1. The summed E-state index contributed by atoms with van der Waals surface area (Å²) in [5, 5.41) is 3.15. The standard InChI is InChI=1S/C25H17BrCl2N2O5/c1-34-21-11-15(10-20(26)22(21)35-13-14-5-7-16(27)8-6-14)9-19-23(31)29-25(33)30(24(19)32)18-4-2-3-17(28)12-18/h2-12H,13H2,1H3,(H,29,31,33)/b19-9+. The fourth-order valence-electron chi connectivity index (χ4n) is 3.37. The average molecular weight is 576 g/mol. The Morgan fingerprint density at radius 2 is 1.74 bits per heavy atom. The first-order valence-corrected chi connectivity index (χ1v) is 11.7. The third-order valence-electron chi connectivity index (χ3n) is 5.03. The van der Waals surface area contributed by atoms with Gasteiger partial charge in [-0.2, -0.15) is 0 Å². The number of carbonyl (C=O) groups excluding carboxylic acids is 3. The Kier molecular flexibility index (Phi) is 7.45. The molecular weight excluding hydrogens is 559 g/mol. The van der Waals surface area contributed by atoms with E-state index in [2.05, 4.69) is 21.2 Å². The molecule has 0 aliphatic carbocycles. The topological polar surface area (TPSA) is 84.9 Å². The van der Waals surface area contributed by atoms with E-state index in [4.69, 9.17) is 32.7 Å². The molecule has 35 heavy (non-hydrogen) atoms. The Morgan fingerprint density at radius 1 is 1.00 bits per heavy atom. The van der Waals surface area contributed by atoms with Crippen molar-refractivity contribution in [3.63, 3.8) is 0 Å². The number of rotatable bonds is 6. The number of benzene rings is 3. The molecule has 0 atom stereocenters. The Balaban J connectivity index is 1.64. The Hall–Kier alpha value is -3.33. The molecule has 0 saturated carbocycles. The van der Waals surface area contributed by atoms with E-state index in [9.17, 15) is 14.4 Å². The number of methoxy groups -OCH3 is 1. The minimum atomic E-state index is -0.857. The minimum Gasteiger partial charge on any atom is -0.493 e. The van der Waals surface area contributed by atoms with Gasteiger partial charge in [-0.1, -0.05) is 41.4 Å². The second-order valence-electron chi connectivity index (χ2n) is 7.39. The van der Waals surface area contributed by atoms with Crippen LogP contribution in [0.1, 0.15) is 11.1 Å². The smallest absolute Gasteiger partial charge is 0.335 e. The van der Waals surface area contributed by atoms with E-state index in [0.29, 0.717) is 31.6 Å². The molecule has 1 aliphatic rings. The van der Waals surface area contributed by atoms with Gasteiger partial charge in [-0.25, -0.2) is 9.69 Å². The van der Waals surface area contributed by atoms with Crippen molar-refractivity contribution in [3.8, 4) is 11.5 Å². The van der Waals surface area contributed by atoms with Crippen molar-refractivity contribution in [3.05, 3.63) is 91.9 Å². The lowest BCUT2D eigenvalue weighted by atomic mass is 10.1. The first kappa shape index (κ1) is 24.8. The van der Waals surface area contributed by atoms with Crippen LogP contribution >= 0.6 is 39.1 Å². The highest BCUT2D eigenvalue weighted by Crippen LogP contribution is 2.38. The van der Waals surface area contributed by atoms with Gasteiger partial charge in [-0.15, -0.1) is 0 Å². The normalized spacial score (nSPS) is 14.8. The van der Waals surface area contributed by atoms with Gasteiger partial charge < -0.3 is 9.47 Å². The van der Waals surface area contributed by atoms with Crippen molar-refractivity contribution in [2.75, 3.05) is 12.0 Å². The zero-order chi connectivity index (χ0) is 25.1. The summed E-state index contributed by atoms with van der Waals surface area (Å²) >= 11 is 15.4. The third kappa shape index (κ3) is 5.51. The van der Waals surface area contributed by atoms with Gasteiger partial charge in [0.05, 0.1) is 17.3 Å². The molecule has 1 fully saturated rings. The van der Waals surface area contributed by atoms with E-state index in [1.165, 1.54) is 19.3 Å². The lowest BCUT2D eigenvalue weighted by Crippen LogP contribution is -2.54. The van der Waals surface area contributed by atoms with Gasteiger partial charge in [0.15, 0.2) is 11.5 Å². The summed E-state index contributed by atoms with van der Waals surface area (Å²) in [6.45, 7) is 0.268. The highest BCUT2D eigenvalue weighted by atomic mass is 79.9. The van der Waals surface area contributed by atoms with Gasteiger partial charge in [0, 0.05) is 10.0 Å². The number of halogens is 3. The molecule has 0 unspecified atom stereocenters. The van der Waals surface area contributed by atoms with Crippen LogP contribution in [0.5, 0.6) is 11.5 Å². The number of nitrogens with one attached hydrogen (secondary N) is 1. The van der Waals surface area contributed by atoms with E-state index in [1.54, 1.807) is 42.5 Å². The lowest BCUT2D eigenvalue weighted by molar-refractivity contribution is -0.122. The van der Waals surface area contributed by atoms with E-state index in [1.807, 2.05) is 12.1 Å². The zero-order valence-corrected chi connectivity index (χ0v) is 21.3. The monoisotopic (exact) mass is 574 g/mol. The molecule has 4 amide bonds. The molecule has 1 N–H and O–H groups in total. The zero-order valence-electron chi connectivity index (χ0n) is 18.2. The summed E-state index contributed by atoms with van der Waals surface area (Å²) in [6.07, 6.45) is 1.37. The van der Waals surface area contributed by atoms with Crippen molar-refractivity contribution < 1.29 is 23.9 Å². The van der Waals surface area contributed by atoms with Crippen LogP contribution in [0.2, 0.25) is 10.0 Å². The highest BCUT2D eigenvalue weighted by Gasteiger charge is 2.37. The van der Waals surface area contributed by atoms with Crippen molar-refractivity contribution in [2.45, 2.75) is 6.61 Å². The minimum absolute atomic E-state index is 0.228. The van der Waals surface area contributed by atoms with Crippen LogP contribution in [0.25, 0.3) is 6.08 Å². The summed E-state index contributed by atoms with van der Waals surface area (Å²) in [6, 6.07) is 15.9. The third-order valence-corrected chi connectivity index (χ3v) is 6.10. The molecule has 1 saturated heterocycles. The van der Waals surface area contributed by atoms with Crippen LogP contribution < -0.4 is 19.7 Å². The first-order chi connectivity index (χ1) is 16.8. The van der Waals surface area contributed by atoms with Crippen molar-refractivity contribution in [1.82, 2.24) is 5.32 Å². The predicted octanol–water partition coefficient (Wildman–Crippen LogP) is 6.01. The SMILES string of the molecule is COc1cc(/C=C2\C(=O)NC(=O)N(c3cccc(Cl)c3)C2=O)cc(Br)c1OCc1ccc(Cl)cc1. The fourth-order valence-corrected chi connectivity index (χ4v) is 4.26. The van der Waals surface area contributed by atoms with E-state index in [-0.39, 0.29) is 17.9 Å². The number of barbiturate groups is 1. The molecule has 0 aromatic heterocycles. The van der Waals surface area contributed by atoms with E-state index >= 15 is 0 Å². The number of amides is 4. The van der Waals surface area contributed by atoms with Crippen LogP contribution in [-0.4, -0.2) is 25.0 Å². The van der Waals surface area contributed by atoms with Crippen molar-refractivity contribution >= 4 is 68.7 Å². The molecule has 3 aromatic carbocycles. The number of anilines is 1. The molecule has 1 aliphatic heterocycles. The summed E-state index contributed by atoms with van der Waals surface area (Å²) in [4.78, 5) is 38.8. The van der Waals surface area contributed by atoms with Crippen LogP contribution in [-0.2, 0) is 16.2 Å². The average Bonchev–Trinajstić information content (AvgIpc) is 2.82. The quantitative estimate of drug-likeness (QED) is 0.287. The number of urea groups is 1. The Morgan fingerprint density at radius 3 is 2.43 bits per heavy atom.